The van der Waals surface area contributed by atoms with E-state index in [0.717, 1.165) is 5.75 Å². The van der Waals surface area contributed by atoms with Crippen LogP contribution in [0.4, 0.5) is 10.1 Å². The van der Waals surface area contributed by atoms with Gasteiger partial charge in [0, 0.05) is 22.8 Å². The minimum Gasteiger partial charge on any atom is -0.494 e. The second-order valence-corrected chi connectivity index (χ2v) is 5.79. The van der Waals surface area contributed by atoms with Crippen molar-refractivity contribution in [1.29, 1.82) is 0 Å². The third-order valence-corrected chi connectivity index (χ3v) is 3.71. The van der Waals surface area contributed by atoms with E-state index in [1.165, 1.54) is 6.07 Å². The van der Waals surface area contributed by atoms with Gasteiger partial charge >= 0.3 is 0 Å². The molecule has 0 bridgehead atoms. The van der Waals surface area contributed by atoms with Gasteiger partial charge in [0.25, 0.3) is 0 Å². The average molecular weight is 351 g/mol. The first-order valence-corrected chi connectivity index (χ1v) is 8.01. The van der Waals surface area contributed by atoms with E-state index in [-0.39, 0.29) is 24.8 Å². The van der Waals surface area contributed by atoms with Crippen LogP contribution in [0.3, 0.4) is 0 Å². The molecule has 0 aliphatic heterocycles. The van der Waals surface area contributed by atoms with E-state index >= 15 is 0 Å². The van der Waals surface area contributed by atoms with Gasteiger partial charge in [0.1, 0.15) is 11.6 Å². The van der Waals surface area contributed by atoms with Crippen molar-refractivity contribution >= 4 is 23.2 Å². The Bertz CT molecular complexity index is 672. The van der Waals surface area contributed by atoms with Crippen molar-refractivity contribution in [2.45, 2.75) is 13.5 Å². The molecular formula is C18H20ClFN2O2. The molecule has 24 heavy (non-hydrogen) atoms. The maximum atomic E-state index is 13.8. The summed E-state index contributed by atoms with van der Waals surface area (Å²) < 4.78 is 19.1. The summed E-state index contributed by atoms with van der Waals surface area (Å²) in [7, 11) is 1.74. The van der Waals surface area contributed by atoms with E-state index in [1.54, 1.807) is 48.3 Å². The average Bonchev–Trinajstić information content (AvgIpc) is 2.53. The van der Waals surface area contributed by atoms with Gasteiger partial charge in [-0.2, -0.15) is 0 Å². The Hall–Kier alpha value is -2.11. The molecule has 1 N–H and O–H groups in total. The van der Waals surface area contributed by atoms with E-state index in [2.05, 4.69) is 5.32 Å². The summed E-state index contributed by atoms with van der Waals surface area (Å²) in [6.45, 7) is 2.88. The number of hydrogen-bond acceptors (Lipinski definition) is 3. The molecule has 0 atom stereocenters. The first-order chi connectivity index (χ1) is 11.5. The van der Waals surface area contributed by atoms with Gasteiger partial charge < -0.3 is 10.1 Å². The molecule has 2 aromatic rings. The first kappa shape index (κ1) is 18.2. The molecule has 0 spiro atoms. The fourth-order valence-corrected chi connectivity index (χ4v) is 2.48. The molecule has 0 saturated carbocycles. The fraction of sp³-hybridized carbons (Fsp3) is 0.278. The predicted molar refractivity (Wildman–Crippen MR) is 94.0 cm³/mol. The second-order valence-electron chi connectivity index (χ2n) is 5.38. The quantitative estimate of drug-likeness (QED) is 0.822. The molecule has 0 aromatic heterocycles. The number of amides is 1. The van der Waals surface area contributed by atoms with Gasteiger partial charge in [0.05, 0.1) is 13.2 Å². The van der Waals surface area contributed by atoms with E-state index in [1.807, 2.05) is 6.92 Å². The van der Waals surface area contributed by atoms with Crippen LogP contribution in [0.2, 0.25) is 5.02 Å². The van der Waals surface area contributed by atoms with Crippen LogP contribution in [0.15, 0.2) is 42.5 Å². The maximum Gasteiger partial charge on any atom is 0.238 e. The van der Waals surface area contributed by atoms with Gasteiger partial charge in [0.15, 0.2) is 0 Å². The van der Waals surface area contributed by atoms with Gasteiger partial charge in [-0.1, -0.05) is 17.7 Å². The SMILES string of the molecule is CCOc1ccc(NC(=O)CN(C)Cc2c(F)cccc2Cl)cc1. The number of halogens is 2. The summed E-state index contributed by atoms with van der Waals surface area (Å²) in [5.74, 6) is 0.192. The number of anilines is 1. The summed E-state index contributed by atoms with van der Waals surface area (Å²) in [6.07, 6.45) is 0. The lowest BCUT2D eigenvalue weighted by atomic mass is 10.2. The number of nitrogens with one attached hydrogen (secondary N) is 1. The number of benzene rings is 2. The summed E-state index contributed by atoms with van der Waals surface area (Å²) in [6, 6.07) is 11.7. The van der Waals surface area contributed by atoms with Crippen LogP contribution in [0, 0.1) is 5.82 Å². The zero-order valence-corrected chi connectivity index (χ0v) is 14.4. The van der Waals surface area contributed by atoms with Crippen LogP contribution in [0.25, 0.3) is 0 Å². The molecule has 0 heterocycles. The van der Waals surface area contributed by atoms with Gasteiger partial charge in [0.2, 0.25) is 5.91 Å². The molecule has 1 amide bonds. The first-order valence-electron chi connectivity index (χ1n) is 7.63. The zero-order chi connectivity index (χ0) is 17.5. The summed E-state index contributed by atoms with van der Waals surface area (Å²) in [5, 5.41) is 3.15. The Balaban J connectivity index is 1.89. The molecule has 0 unspecified atom stereocenters. The lowest BCUT2D eigenvalue weighted by Crippen LogP contribution is -2.30. The summed E-state index contributed by atoms with van der Waals surface area (Å²) in [5.41, 5.74) is 1.07. The molecular weight excluding hydrogens is 331 g/mol. The predicted octanol–water partition coefficient (Wildman–Crippen LogP) is 3.95. The van der Waals surface area contributed by atoms with Crippen LogP contribution in [0.5, 0.6) is 5.75 Å². The monoisotopic (exact) mass is 350 g/mol. The summed E-state index contributed by atoms with van der Waals surface area (Å²) >= 11 is 6.00. The third-order valence-electron chi connectivity index (χ3n) is 3.35. The number of likely N-dealkylation sites (N-methyl/N-ethyl adjacent to an activating group) is 1. The standard InChI is InChI=1S/C18H20ClFN2O2/c1-3-24-14-9-7-13(8-10-14)21-18(23)12-22(2)11-15-16(19)5-4-6-17(15)20/h4-10H,3,11-12H2,1-2H3,(H,21,23). The molecule has 2 aromatic carbocycles. The molecule has 0 aliphatic rings. The Labute approximate surface area is 146 Å². The van der Waals surface area contributed by atoms with Gasteiger partial charge in [-0.3, -0.25) is 9.69 Å². The lowest BCUT2D eigenvalue weighted by Gasteiger charge is -2.17. The number of rotatable bonds is 7. The Kier molecular flexibility index (Phi) is 6.58. The molecule has 6 heteroatoms. The highest BCUT2D eigenvalue weighted by Crippen LogP contribution is 2.20. The zero-order valence-electron chi connectivity index (χ0n) is 13.7. The largest absolute Gasteiger partial charge is 0.494 e. The number of hydrogen-bond donors (Lipinski definition) is 1. The molecule has 0 aliphatic carbocycles. The van der Waals surface area contributed by atoms with Crippen LogP contribution >= 0.6 is 11.6 Å². The van der Waals surface area contributed by atoms with Crippen LogP contribution in [-0.4, -0.2) is 31.0 Å². The Morgan fingerprint density at radius 2 is 1.96 bits per heavy atom. The van der Waals surface area contributed by atoms with Crippen LogP contribution in [-0.2, 0) is 11.3 Å². The van der Waals surface area contributed by atoms with Crippen molar-refractivity contribution in [2.24, 2.45) is 0 Å². The van der Waals surface area contributed by atoms with Crippen molar-refractivity contribution in [2.75, 3.05) is 25.5 Å². The van der Waals surface area contributed by atoms with Crippen molar-refractivity contribution in [1.82, 2.24) is 4.90 Å². The lowest BCUT2D eigenvalue weighted by molar-refractivity contribution is -0.117. The van der Waals surface area contributed by atoms with Crippen molar-refractivity contribution in [3.8, 4) is 5.75 Å². The van der Waals surface area contributed by atoms with Crippen molar-refractivity contribution in [3.05, 3.63) is 58.9 Å². The normalized spacial score (nSPS) is 10.7. The van der Waals surface area contributed by atoms with Crippen molar-refractivity contribution < 1.29 is 13.9 Å². The second kappa shape index (κ2) is 8.66. The van der Waals surface area contributed by atoms with Gasteiger partial charge in [-0.15, -0.1) is 0 Å². The van der Waals surface area contributed by atoms with Crippen molar-refractivity contribution in [3.63, 3.8) is 0 Å². The number of carbonyl (C=O) groups excluding carboxylic acids is 1. The van der Waals surface area contributed by atoms with E-state index in [4.69, 9.17) is 16.3 Å². The highest BCUT2D eigenvalue weighted by molar-refractivity contribution is 6.31. The van der Waals surface area contributed by atoms with E-state index < -0.39 is 0 Å². The molecule has 0 radical (unpaired) electrons. The maximum absolute atomic E-state index is 13.8. The van der Waals surface area contributed by atoms with Gasteiger partial charge in [-0.05, 0) is 50.4 Å². The molecule has 4 nitrogen and oxygen atoms in total. The summed E-state index contributed by atoms with van der Waals surface area (Å²) in [4.78, 5) is 13.8. The minimum absolute atomic E-state index is 0.123. The Morgan fingerprint density at radius 1 is 1.25 bits per heavy atom. The molecule has 128 valence electrons. The Morgan fingerprint density at radius 3 is 2.58 bits per heavy atom. The molecule has 2 rings (SSSR count). The number of nitrogens with zero attached hydrogens (tertiary/aromatic N) is 1. The van der Waals surface area contributed by atoms with E-state index in [9.17, 15) is 9.18 Å². The van der Waals surface area contributed by atoms with Crippen LogP contribution < -0.4 is 10.1 Å². The fourth-order valence-electron chi connectivity index (χ4n) is 2.26. The number of ether oxygens (including phenoxy) is 1. The highest BCUT2D eigenvalue weighted by atomic mass is 35.5. The van der Waals surface area contributed by atoms with E-state index in [0.29, 0.717) is 22.9 Å². The third kappa shape index (κ3) is 5.22. The van der Waals surface area contributed by atoms with Crippen LogP contribution in [0.1, 0.15) is 12.5 Å². The molecule has 0 fully saturated rings. The number of carbonyl (C=O) groups is 1. The topological polar surface area (TPSA) is 41.6 Å². The highest BCUT2D eigenvalue weighted by Gasteiger charge is 2.12. The smallest absolute Gasteiger partial charge is 0.238 e. The molecule has 0 saturated heterocycles. The minimum atomic E-state index is -0.374. The van der Waals surface area contributed by atoms with Gasteiger partial charge in [-0.25, -0.2) is 4.39 Å².